The molecular formula is C18H28N4O4S. The van der Waals surface area contributed by atoms with Gasteiger partial charge in [-0.3, -0.25) is 4.79 Å². The molecule has 2 fully saturated rings. The quantitative estimate of drug-likeness (QED) is 0.705. The maximum atomic E-state index is 12.8. The second-order valence-corrected chi connectivity index (χ2v) is 8.96. The Bertz CT molecular complexity index is 737. The maximum absolute atomic E-state index is 12.8. The Morgan fingerprint density at radius 2 is 1.44 bits per heavy atom. The van der Waals surface area contributed by atoms with E-state index in [1.54, 1.807) is 28.4 Å². The molecule has 1 amide bonds. The molecule has 0 saturated carbocycles. The van der Waals surface area contributed by atoms with E-state index in [1.807, 2.05) is 19.2 Å². The Kier molecular flexibility index (Phi) is 6.48. The molecular weight excluding hydrogens is 368 g/mol. The highest BCUT2D eigenvalue weighted by Crippen LogP contribution is 2.16. The van der Waals surface area contributed by atoms with Gasteiger partial charge in [0.15, 0.2) is 0 Å². The van der Waals surface area contributed by atoms with Crippen LogP contribution >= 0.6 is 0 Å². The predicted molar refractivity (Wildman–Crippen MR) is 103 cm³/mol. The van der Waals surface area contributed by atoms with Crippen LogP contribution in [0, 0.1) is 0 Å². The summed E-state index contributed by atoms with van der Waals surface area (Å²) in [6, 6.07) is 7.35. The number of nitrogens with zero attached hydrogens (tertiary/aromatic N) is 4. The van der Waals surface area contributed by atoms with E-state index in [0.29, 0.717) is 51.4 Å². The van der Waals surface area contributed by atoms with Gasteiger partial charge in [-0.1, -0.05) is 12.1 Å². The van der Waals surface area contributed by atoms with Gasteiger partial charge in [-0.25, -0.2) is 0 Å². The molecule has 0 spiro atoms. The van der Waals surface area contributed by atoms with Crippen LogP contribution in [0.15, 0.2) is 24.3 Å². The monoisotopic (exact) mass is 396 g/mol. The molecule has 1 aromatic carbocycles. The molecule has 3 rings (SSSR count). The molecule has 0 bridgehead atoms. The van der Waals surface area contributed by atoms with Gasteiger partial charge in [-0.15, -0.1) is 0 Å². The van der Waals surface area contributed by atoms with Gasteiger partial charge in [-0.2, -0.15) is 17.0 Å². The summed E-state index contributed by atoms with van der Waals surface area (Å²) in [5, 5.41) is 0. The normalized spacial score (nSPS) is 20.7. The number of methoxy groups -OCH3 is 1. The number of rotatable bonds is 5. The third-order valence-electron chi connectivity index (χ3n) is 5.15. The Balaban J connectivity index is 1.57. The van der Waals surface area contributed by atoms with Crippen LogP contribution in [0.2, 0.25) is 0 Å². The summed E-state index contributed by atoms with van der Waals surface area (Å²) in [6.45, 7) is 4.53. The zero-order chi connectivity index (χ0) is 19.4. The summed E-state index contributed by atoms with van der Waals surface area (Å²) < 4.78 is 33.8. The van der Waals surface area contributed by atoms with Crippen LogP contribution in [-0.2, 0) is 21.6 Å². The first kappa shape index (κ1) is 20.2. The molecule has 27 heavy (non-hydrogen) atoms. The molecule has 8 nitrogen and oxygen atoms in total. The maximum Gasteiger partial charge on any atom is 0.282 e. The standard InChI is InChI=1S/C18H28N4O4S/c1-19-7-11-21(12-8-19)27(24,25)22-13-9-20(10-14-22)18(23)17-5-3-16(4-6-17)15-26-2/h3-6H,7-15H2,1-2H3. The first-order valence-corrected chi connectivity index (χ1v) is 10.6. The van der Waals surface area contributed by atoms with Gasteiger partial charge in [0, 0.05) is 65.0 Å². The molecule has 0 atom stereocenters. The van der Waals surface area contributed by atoms with E-state index in [1.165, 1.54) is 4.31 Å². The number of hydrogen-bond donors (Lipinski definition) is 0. The van der Waals surface area contributed by atoms with Crippen molar-refractivity contribution in [3.05, 3.63) is 35.4 Å². The van der Waals surface area contributed by atoms with Crippen LogP contribution in [0.3, 0.4) is 0 Å². The molecule has 0 radical (unpaired) electrons. The Labute approximate surface area is 161 Å². The Hall–Kier alpha value is -1.52. The van der Waals surface area contributed by atoms with Gasteiger partial charge >= 0.3 is 0 Å². The molecule has 2 heterocycles. The lowest BCUT2D eigenvalue weighted by atomic mass is 10.1. The average molecular weight is 397 g/mol. The van der Waals surface area contributed by atoms with Crippen LogP contribution in [0.1, 0.15) is 15.9 Å². The average Bonchev–Trinajstić information content (AvgIpc) is 2.69. The van der Waals surface area contributed by atoms with E-state index in [9.17, 15) is 13.2 Å². The molecule has 0 aliphatic carbocycles. The lowest BCUT2D eigenvalue weighted by molar-refractivity contribution is 0.0692. The fraction of sp³-hybridized carbons (Fsp3) is 0.611. The third-order valence-corrected chi connectivity index (χ3v) is 7.19. The summed E-state index contributed by atoms with van der Waals surface area (Å²) in [6.07, 6.45) is 0. The van der Waals surface area contributed by atoms with E-state index >= 15 is 0 Å². The van der Waals surface area contributed by atoms with Crippen LogP contribution < -0.4 is 0 Å². The Morgan fingerprint density at radius 3 is 1.96 bits per heavy atom. The topological polar surface area (TPSA) is 73.4 Å². The van der Waals surface area contributed by atoms with E-state index < -0.39 is 10.2 Å². The minimum Gasteiger partial charge on any atom is -0.380 e. The zero-order valence-corrected chi connectivity index (χ0v) is 16.8. The van der Waals surface area contributed by atoms with Crippen molar-refractivity contribution in [1.29, 1.82) is 0 Å². The molecule has 2 aliphatic rings. The number of carbonyl (C=O) groups is 1. The molecule has 0 unspecified atom stereocenters. The number of ether oxygens (including phenoxy) is 1. The summed E-state index contributed by atoms with van der Waals surface area (Å²) >= 11 is 0. The lowest BCUT2D eigenvalue weighted by Gasteiger charge is -2.39. The molecule has 150 valence electrons. The number of carbonyl (C=O) groups excluding carboxylic acids is 1. The van der Waals surface area contributed by atoms with Gasteiger partial charge < -0.3 is 14.5 Å². The molecule has 9 heteroatoms. The van der Waals surface area contributed by atoms with Crippen LogP contribution in [0.4, 0.5) is 0 Å². The molecule has 1 aromatic rings. The largest absolute Gasteiger partial charge is 0.380 e. The first-order chi connectivity index (χ1) is 12.9. The number of hydrogen-bond acceptors (Lipinski definition) is 5. The van der Waals surface area contributed by atoms with Crippen molar-refractivity contribution in [2.24, 2.45) is 0 Å². The number of benzene rings is 1. The smallest absolute Gasteiger partial charge is 0.282 e. The summed E-state index contributed by atoms with van der Waals surface area (Å²) in [4.78, 5) is 16.5. The van der Waals surface area contributed by atoms with Crippen molar-refractivity contribution in [2.75, 3.05) is 66.5 Å². The van der Waals surface area contributed by atoms with Gasteiger partial charge in [0.1, 0.15) is 0 Å². The van der Waals surface area contributed by atoms with E-state index in [2.05, 4.69) is 4.90 Å². The SMILES string of the molecule is COCc1ccc(C(=O)N2CCN(S(=O)(=O)N3CCN(C)CC3)CC2)cc1. The van der Waals surface area contributed by atoms with Gasteiger partial charge in [-0.05, 0) is 24.7 Å². The fourth-order valence-electron chi connectivity index (χ4n) is 3.40. The van der Waals surface area contributed by atoms with Crippen molar-refractivity contribution in [3.8, 4) is 0 Å². The Morgan fingerprint density at radius 1 is 0.926 bits per heavy atom. The summed E-state index contributed by atoms with van der Waals surface area (Å²) in [7, 11) is 0.184. The van der Waals surface area contributed by atoms with Crippen LogP contribution in [-0.4, -0.2) is 99.3 Å². The van der Waals surface area contributed by atoms with Gasteiger partial charge in [0.25, 0.3) is 16.1 Å². The first-order valence-electron chi connectivity index (χ1n) is 9.23. The number of amides is 1. The van der Waals surface area contributed by atoms with Crippen molar-refractivity contribution in [2.45, 2.75) is 6.61 Å². The highest BCUT2D eigenvalue weighted by molar-refractivity contribution is 7.86. The van der Waals surface area contributed by atoms with Crippen LogP contribution in [0.5, 0.6) is 0 Å². The molecule has 0 N–H and O–H groups in total. The lowest BCUT2D eigenvalue weighted by Crippen LogP contribution is -2.57. The van der Waals surface area contributed by atoms with Crippen molar-refractivity contribution >= 4 is 16.1 Å². The molecule has 2 aliphatic heterocycles. The van der Waals surface area contributed by atoms with E-state index in [0.717, 1.165) is 18.7 Å². The number of likely N-dealkylation sites (N-methyl/N-ethyl adjacent to an activating group) is 1. The fourth-order valence-corrected chi connectivity index (χ4v) is 4.97. The zero-order valence-electron chi connectivity index (χ0n) is 16.0. The van der Waals surface area contributed by atoms with Gasteiger partial charge in [0.2, 0.25) is 0 Å². The van der Waals surface area contributed by atoms with E-state index in [4.69, 9.17) is 4.74 Å². The second-order valence-electron chi connectivity index (χ2n) is 7.03. The van der Waals surface area contributed by atoms with E-state index in [-0.39, 0.29) is 5.91 Å². The predicted octanol–water partition coefficient (Wildman–Crippen LogP) is 0.0830. The number of piperazine rings is 2. The van der Waals surface area contributed by atoms with Gasteiger partial charge in [0.05, 0.1) is 6.61 Å². The van der Waals surface area contributed by atoms with Crippen molar-refractivity contribution in [1.82, 2.24) is 18.4 Å². The highest BCUT2D eigenvalue weighted by atomic mass is 32.2. The molecule has 0 aromatic heterocycles. The summed E-state index contributed by atoms with van der Waals surface area (Å²) in [5.74, 6) is -0.0596. The third kappa shape index (κ3) is 4.67. The van der Waals surface area contributed by atoms with Crippen molar-refractivity contribution in [3.63, 3.8) is 0 Å². The van der Waals surface area contributed by atoms with Crippen LogP contribution in [0.25, 0.3) is 0 Å². The second kappa shape index (κ2) is 8.66. The minimum atomic E-state index is -3.45. The minimum absolute atomic E-state index is 0.0596. The van der Waals surface area contributed by atoms with Crippen molar-refractivity contribution < 1.29 is 17.9 Å². The summed E-state index contributed by atoms with van der Waals surface area (Å²) in [5.41, 5.74) is 1.63. The highest BCUT2D eigenvalue weighted by Gasteiger charge is 2.34. The molecule has 2 saturated heterocycles.